The lowest BCUT2D eigenvalue weighted by Gasteiger charge is -2.53. The quantitative estimate of drug-likeness (QED) is 0.148. The van der Waals surface area contributed by atoms with E-state index in [4.69, 9.17) is 21.4 Å². The fraction of sp³-hybridized carbons (Fsp3) is 0.571. The normalized spacial score (nSPS) is 24.2. The molecule has 12 rings (SSSR count). The highest BCUT2D eigenvalue weighted by atomic mass is 35.5. The van der Waals surface area contributed by atoms with E-state index in [9.17, 15) is 10.1 Å². The Morgan fingerprint density at radius 2 is 1.66 bits per heavy atom. The number of hydrogen-bond acceptors (Lipinski definition) is 11. The van der Waals surface area contributed by atoms with Gasteiger partial charge in [-0.3, -0.25) is 9.48 Å². The zero-order chi connectivity index (χ0) is 48.6. The highest BCUT2D eigenvalue weighted by molar-refractivity contribution is 6.32. The van der Waals surface area contributed by atoms with E-state index in [1.165, 1.54) is 72.4 Å². The van der Waals surface area contributed by atoms with Crippen LogP contribution in [0.1, 0.15) is 125 Å². The molecular formula is C56H69ClN12O2. The number of ether oxygens (including phenoxy) is 1. The van der Waals surface area contributed by atoms with Crippen molar-refractivity contribution in [3.63, 3.8) is 0 Å². The standard InChI is InChI=1S/C56H69ClN12O2/c1-37-26-51-40(27-46(37)49-34-63(4)36-59-49)6-5-20-67(51)54-47-33-66(39(3)70)21-15-50(47)69(62-54)43-11-9-42(10-12-43)64-22-16-55(17-23-64)30-45(31-55)71-53-14-13-52(60-61-53)65-24-18-56(19-25-65)29-38(2)68(35-56)44-8-7-41(32-58)48(57)28-44/h7-8,13-14,26-28,34,36,38,42-43,45H,5-6,9-12,15-25,29-31,33,35H2,1-4H3/t38-,42?,43?/m0/s1. The minimum Gasteiger partial charge on any atom is -0.473 e. The Morgan fingerprint density at radius 1 is 0.887 bits per heavy atom. The molecule has 0 bridgehead atoms. The summed E-state index contributed by atoms with van der Waals surface area (Å²) < 4.78 is 10.9. The Kier molecular flexibility index (Phi) is 12.1. The number of aryl methyl sites for hydroxylation is 3. The van der Waals surface area contributed by atoms with Crippen molar-refractivity contribution >= 4 is 40.5 Å². The Morgan fingerprint density at radius 3 is 2.37 bits per heavy atom. The SMILES string of the molecule is CC(=O)N1CCc2c(c(N3CCCc4cc(-c5cn(C)cn5)c(C)cc43)nn2C2CCC(N3CCC4(CC3)CC(Oc3ccc(N5CCC6(CC5)C[C@H](C)N(c5ccc(C#N)c(Cl)c5)C6)nn3)C4)CC2)C1. The van der Waals surface area contributed by atoms with Gasteiger partial charge in [0.2, 0.25) is 11.8 Å². The number of halogens is 1. The first kappa shape index (κ1) is 46.4. The van der Waals surface area contributed by atoms with Crippen LogP contribution in [0.15, 0.2) is 55.0 Å². The number of hydrogen-bond donors (Lipinski definition) is 0. The van der Waals surface area contributed by atoms with Crippen molar-refractivity contribution in [2.45, 2.75) is 141 Å². The minimum atomic E-state index is 0.140. The molecule has 5 aliphatic heterocycles. The Balaban J connectivity index is 0.627. The minimum absolute atomic E-state index is 0.140. The summed E-state index contributed by atoms with van der Waals surface area (Å²) in [6.07, 6.45) is 19.9. The first-order chi connectivity index (χ1) is 34.4. The van der Waals surface area contributed by atoms with Gasteiger partial charge in [-0.05, 0) is 169 Å². The average molecular weight is 978 g/mol. The molecule has 71 heavy (non-hydrogen) atoms. The third-order valence-electron chi connectivity index (χ3n) is 18.2. The molecule has 2 aliphatic carbocycles. The van der Waals surface area contributed by atoms with Crippen molar-refractivity contribution in [1.82, 2.24) is 39.3 Å². The topological polar surface area (TPSA) is 128 Å². The Bertz CT molecular complexity index is 2840. The number of nitriles is 1. The smallest absolute Gasteiger partial charge is 0.233 e. The Labute approximate surface area is 423 Å². The maximum atomic E-state index is 12.8. The summed E-state index contributed by atoms with van der Waals surface area (Å²) in [4.78, 5) is 29.6. The lowest BCUT2D eigenvalue weighted by Crippen LogP contribution is -2.53. The number of benzene rings is 2. The van der Waals surface area contributed by atoms with Gasteiger partial charge in [0, 0.05) is 106 Å². The monoisotopic (exact) mass is 977 g/mol. The molecule has 0 N–H and O–H groups in total. The van der Waals surface area contributed by atoms with Gasteiger partial charge in [-0.25, -0.2) is 4.98 Å². The summed E-state index contributed by atoms with van der Waals surface area (Å²) in [7, 11) is 2.02. The lowest BCUT2D eigenvalue weighted by molar-refractivity contribution is -0.129. The molecule has 3 saturated heterocycles. The first-order valence-electron chi connectivity index (χ1n) is 26.6. The molecule has 5 fully saturated rings. The first-order valence-corrected chi connectivity index (χ1v) is 27.0. The molecule has 2 spiro atoms. The number of piperidine rings is 2. The van der Waals surface area contributed by atoms with Gasteiger partial charge in [0.25, 0.3) is 0 Å². The predicted molar refractivity (Wildman–Crippen MR) is 277 cm³/mol. The van der Waals surface area contributed by atoms with E-state index >= 15 is 0 Å². The van der Waals surface area contributed by atoms with Crippen LogP contribution in [0, 0.1) is 29.1 Å². The van der Waals surface area contributed by atoms with Crippen LogP contribution >= 0.6 is 11.6 Å². The Hall–Kier alpha value is -5.65. The zero-order valence-electron chi connectivity index (χ0n) is 42.1. The van der Waals surface area contributed by atoms with Crippen LogP contribution in [-0.2, 0) is 31.2 Å². The summed E-state index contributed by atoms with van der Waals surface area (Å²) >= 11 is 6.42. The van der Waals surface area contributed by atoms with Crippen molar-refractivity contribution < 1.29 is 9.53 Å². The molecule has 5 aromatic rings. The molecule has 1 atom stereocenters. The lowest BCUT2D eigenvalue weighted by atomic mass is 9.61. The maximum absolute atomic E-state index is 12.8. The summed E-state index contributed by atoms with van der Waals surface area (Å²) in [5.74, 6) is 2.77. The number of anilines is 4. The van der Waals surface area contributed by atoms with E-state index in [0.29, 0.717) is 46.6 Å². The van der Waals surface area contributed by atoms with Gasteiger partial charge >= 0.3 is 0 Å². The number of carbonyl (C=O) groups excluding carboxylic acids is 1. The maximum Gasteiger partial charge on any atom is 0.233 e. The van der Waals surface area contributed by atoms with Crippen LogP contribution in [0.5, 0.6) is 5.88 Å². The molecule has 7 aliphatic rings. The van der Waals surface area contributed by atoms with Gasteiger partial charge in [0.1, 0.15) is 12.2 Å². The van der Waals surface area contributed by atoms with E-state index in [2.05, 4.69) is 83.8 Å². The van der Waals surface area contributed by atoms with Crippen molar-refractivity contribution in [2.75, 3.05) is 60.5 Å². The number of rotatable bonds is 8. The van der Waals surface area contributed by atoms with Crippen LogP contribution in [0.3, 0.4) is 0 Å². The fourth-order valence-electron chi connectivity index (χ4n) is 14.2. The number of carbonyl (C=O) groups is 1. The predicted octanol–water partition coefficient (Wildman–Crippen LogP) is 9.59. The van der Waals surface area contributed by atoms with Gasteiger partial charge in [-0.2, -0.15) is 10.4 Å². The van der Waals surface area contributed by atoms with Crippen molar-refractivity contribution in [3.8, 4) is 23.2 Å². The summed E-state index contributed by atoms with van der Waals surface area (Å²) in [6, 6.07) is 18.3. The molecule has 8 heterocycles. The molecule has 2 saturated carbocycles. The third kappa shape index (κ3) is 8.72. The second kappa shape index (κ2) is 18.4. The molecule has 372 valence electrons. The van der Waals surface area contributed by atoms with Crippen LogP contribution in [0.4, 0.5) is 23.0 Å². The van der Waals surface area contributed by atoms with E-state index in [1.807, 2.05) is 47.1 Å². The number of imidazole rings is 1. The largest absolute Gasteiger partial charge is 0.473 e. The molecule has 14 nitrogen and oxygen atoms in total. The van der Waals surface area contributed by atoms with E-state index < -0.39 is 0 Å². The van der Waals surface area contributed by atoms with Crippen molar-refractivity contribution in [1.29, 1.82) is 5.26 Å². The van der Waals surface area contributed by atoms with Crippen molar-refractivity contribution in [2.24, 2.45) is 17.9 Å². The summed E-state index contributed by atoms with van der Waals surface area (Å²) in [6.45, 7) is 13.8. The van der Waals surface area contributed by atoms with E-state index in [0.717, 1.165) is 120 Å². The molecule has 0 unspecified atom stereocenters. The van der Waals surface area contributed by atoms with Gasteiger partial charge in [-0.15, -0.1) is 10.2 Å². The summed E-state index contributed by atoms with van der Waals surface area (Å²) in [5.41, 5.74) is 10.9. The fourth-order valence-corrected chi connectivity index (χ4v) is 14.4. The van der Waals surface area contributed by atoms with E-state index in [-0.39, 0.29) is 17.4 Å². The van der Waals surface area contributed by atoms with Crippen LogP contribution < -0.4 is 19.4 Å². The van der Waals surface area contributed by atoms with Crippen LogP contribution in [0.2, 0.25) is 5.02 Å². The number of likely N-dealkylation sites (tertiary alicyclic amines) is 1. The van der Waals surface area contributed by atoms with Gasteiger partial charge in [0.15, 0.2) is 11.6 Å². The second-order valence-corrected chi connectivity index (χ2v) is 23.1. The zero-order valence-corrected chi connectivity index (χ0v) is 42.9. The van der Waals surface area contributed by atoms with Crippen LogP contribution in [0.25, 0.3) is 11.3 Å². The summed E-state index contributed by atoms with van der Waals surface area (Å²) in [5, 5.41) is 24.7. The highest BCUT2D eigenvalue weighted by Gasteiger charge is 2.49. The van der Waals surface area contributed by atoms with E-state index in [1.54, 1.807) is 6.92 Å². The average Bonchev–Trinajstić information content (AvgIpc) is 4.08. The van der Waals surface area contributed by atoms with Crippen molar-refractivity contribution in [3.05, 3.63) is 88.0 Å². The molecule has 1 amide bonds. The van der Waals surface area contributed by atoms with Gasteiger partial charge < -0.3 is 33.8 Å². The molecule has 15 heteroatoms. The number of nitrogens with zero attached hydrogens (tertiary/aromatic N) is 12. The third-order valence-corrected chi connectivity index (χ3v) is 18.5. The number of fused-ring (bicyclic) bond motifs is 2. The highest BCUT2D eigenvalue weighted by Crippen LogP contribution is 2.52. The molecular weight excluding hydrogens is 908 g/mol. The van der Waals surface area contributed by atoms with Gasteiger partial charge in [0.05, 0.1) is 35.2 Å². The number of amides is 1. The molecule has 0 radical (unpaired) electrons. The molecule has 3 aromatic heterocycles. The van der Waals surface area contributed by atoms with Crippen LogP contribution in [-0.4, -0.2) is 109 Å². The molecule has 2 aromatic carbocycles. The van der Waals surface area contributed by atoms with Gasteiger partial charge in [-0.1, -0.05) is 11.6 Å². The number of aromatic nitrogens is 6. The second-order valence-electron chi connectivity index (χ2n) is 22.7.